The van der Waals surface area contributed by atoms with E-state index in [1.54, 1.807) is 0 Å². The second-order valence-electron chi connectivity index (χ2n) is 3.51. The molecule has 0 aromatic heterocycles. The summed E-state index contributed by atoms with van der Waals surface area (Å²) in [7, 11) is 4.17. The Morgan fingerprint density at radius 3 is 2.43 bits per heavy atom. The Morgan fingerprint density at radius 1 is 1.00 bits per heavy atom. The van der Waals surface area contributed by atoms with Crippen molar-refractivity contribution in [3.05, 3.63) is 40.0 Å². The fourth-order valence-electron chi connectivity index (χ4n) is 1.68. The molecule has 0 N–H and O–H groups in total. The van der Waals surface area contributed by atoms with Crippen LogP contribution in [0.1, 0.15) is 0 Å². The van der Waals surface area contributed by atoms with Gasteiger partial charge in [0.2, 0.25) is 0 Å². The van der Waals surface area contributed by atoms with Gasteiger partial charge in [0.05, 0.1) is 5.69 Å². The number of benzene rings is 2. The zero-order chi connectivity index (χ0) is 10.1. The Labute approximate surface area is 97.9 Å². The van der Waals surface area contributed by atoms with Crippen molar-refractivity contribution in [2.75, 3.05) is 19.0 Å². The minimum atomic E-state index is 1.30. The van der Waals surface area contributed by atoms with Crippen LogP contribution in [0.25, 0.3) is 10.8 Å². The molecule has 1 nitrogen and oxygen atoms in total. The number of hydrogen-bond donors (Lipinski definition) is 0. The SMILES string of the molecule is CN(C)c1c(I)ccc2ccccc12. The average Bonchev–Trinajstić information content (AvgIpc) is 2.17. The van der Waals surface area contributed by atoms with Crippen molar-refractivity contribution >= 4 is 39.1 Å². The zero-order valence-corrected chi connectivity index (χ0v) is 10.4. The number of rotatable bonds is 1. The van der Waals surface area contributed by atoms with Gasteiger partial charge in [0, 0.05) is 23.1 Å². The molecule has 0 radical (unpaired) electrons. The van der Waals surface area contributed by atoms with Gasteiger partial charge >= 0.3 is 0 Å². The molecule has 0 spiro atoms. The first-order chi connectivity index (χ1) is 6.70. The minimum absolute atomic E-state index is 1.30. The topological polar surface area (TPSA) is 3.24 Å². The van der Waals surface area contributed by atoms with Gasteiger partial charge in [-0.25, -0.2) is 0 Å². The third-order valence-electron chi connectivity index (χ3n) is 2.30. The van der Waals surface area contributed by atoms with Gasteiger partial charge in [0.1, 0.15) is 0 Å². The van der Waals surface area contributed by atoms with Crippen LogP contribution in [0.4, 0.5) is 5.69 Å². The molecule has 2 heteroatoms. The van der Waals surface area contributed by atoms with Crippen LogP contribution in [0.3, 0.4) is 0 Å². The van der Waals surface area contributed by atoms with Crippen molar-refractivity contribution in [1.29, 1.82) is 0 Å². The molecule has 0 aliphatic heterocycles. The molecule has 14 heavy (non-hydrogen) atoms. The predicted molar refractivity (Wildman–Crippen MR) is 71.0 cm³/mol. The summed E-state index contributed by atoms with van der Waals surface area (Å²) in [5.41, 5.74) is 1.31. The number of hydrogen-bond acceptors (Lipinski definition) is 1. The highest BCUT2D eigenvalue weighted by Gasteiger charge is 2.06. The lowest BCUT2D eigenvalue weighted by Crippen LogP contribution is -2.10. The van der Waals surface area contributed by atoms with Gasteiger partial charge in [-0.15, -0.1) is 0 Å². The molecular formula is C12H12IN. The van der Waals surface area contributed by atoms with Crippen LogP contribution in [-0.4, -0.2) is 14.1 Å². The quantitative estimate of drug-likeness (QED) is 0.728. The lowest BCUT2D eigenvalue weighted by atomic mass is 10.1. The second-order valence-corrected chi connectivity index (χ2v) is 4.67. The Kier molecular flexibility index (Phi) is 2.63. The maximum atomic E-state index is 2.38. The summed E-state index contributed by atoms with van der Waals surface area (Å²) in [5, 5.41) is 2.63. The molecule has 2 aromatic carbocycles. The van der Waals surface area contributed by atoms with Gasteiger partial charge in [-0.1, -0.05) is 30.3 Å². The molecule has 2 rings (SSSR count). The number of fused-ring (bicyclic) bond motifs is 1. The van der Waals surface area contributed by atoms with Crippen LogP contribution < -0.4 is 4.90 Å². The van der Waals surface area contributed by atoms with E-state index in [1.165, 1.54) is 20.0 Å². The van der Waals surface area contributed by atoms with E-state index in [9.17, 15) is 0 Å². The van der Waals surface area contributed by atoms with E-state index in [-0.39, 0.29) is 0 Å². The van der Waals surface area contributed by atoms with Crippen LogP contribution in [0, 0.1) is 3.57 Å². The second kappa shape index (κ2) is 3.77. The Hall–Kier alpha value is -0.770. The maximum absolute atomic E-state index is 2.38. The number of halogens is 1. The summed E-state index contributed by atoms with van der Waals surface area (Å²) >= 11 is 2.38. The Bertz CT molecular complexity index is 463. The molecule has 0 unspecified atom stereocenters. The van der Waals surface area contributed by atoms with Crippen LogP contribution in [0.2, 0.25) is 0 Å². The van der Waals surface area contributed by atoms with Gasteiger partial charge in [-0.3, -0.25) is 0 Å². The van der Waals surface area contributed by atoms with Crippen LogP contribution in [0.5, 0.6) is 0 Å². The first-order valence-electron chi connectivity index (χ1n) is 4.55. The van der Waals surface area contributed by atoms with Gasteiger partial charge in [0.15, 0.2) is 0 Å². The van der Waals surface area contributed by atoms with Crippen molar-refractivity contribution in [2.45, 2.75) is 0 Å². The first-order valence-corrected chi connectivity index (χ1v) is 5.62. The van der Waals surface area contributed by atoms with E-state index >= 15 is 0 Å². The predicted octanol–water partition coefficient (Wildman–Crippen LogP) is 3.51. The molecule has 72 valence electrons. The minimum Gasteiger partial charge on any atom is -0.376 e. The molecule has 2 aromatic rings. The normalized spacial score (nSPS) is 10.5. The third kappa shape index (κ3) is 1.59. The van der Waals surface area contributed by atoms with E-state index in [0.717, 1.165) is 0 Å². The molecule has 0 heterocycles. The smallest absolute Gasteiger partial charge is 0.0576 e. The molecule has 0 fully saturated rings. The molecule has 0 atom stereocenters. The van der Waals surface area contributed by atoms with E-state index < -0.39 is 0 Å². The van der Waals surface area contributed by atoms with E-state index in [0.29, 0.717) is 0 Å². The monoisotopic (exact) mass is 297 g/mol. The van der Waals surface area contributed by atoms with Gasteiger partial charge in [0.25, 0.3) is 0 Å². The van der Waals surface area contributed by atoms with Gasteiger partial charge < -0.3 is 4.90 Å². The summed E-state index contributed by atoms with van der Waals surface area (Å²) in [4.78, 5) is 2.17. The summed E-state index contributed by atoms with van der Waals surface area (Å²) in [5.74, 6) is 0. The highest BCUT2D eigenvalue weighted by molar-refractivity contribution is 14.1. The van der Waals surface area contributed by atoms with Crippen LogP contribution >= 0.6 is 22.6 Å². The summed E-state index contributed by atoms with van der Waals surface area (Å²) in [6.45, 7) is 0. The standard InChI is InChI=1S/C12H12IN/c1-14(2)12-10-6-4-3-5-9(10)7-8-11(12)13/h3-8H,1-2H3. The van der Waals surface area contributed by atoms with Crippen molar-refractivity contribution < 1.29 is 0 Å². The third-order valence-corrected chi connectivity index (χ3v) is 3.17. The summed E-state index contributed by atoms with van der Waals surface area (Å²) in [6.07, 6.45) is 0. The largest absolute Gasteiger partial charge is 0.376 e. The lowest BCUT2D eigenvalue weighted by molar-refractivity contribution is 1.14. The fraction of sp³-hybridized carbons (Fsp3) is 0.167. The van der Waals surface area contributed by atoms with Crippen LogP contribution in [0.15, 0.2) is 36.4 Å². The van der Waals surface area contributed by atoms with Crippen LogP contribution in [-0.2, 0) is 0 Å². The Balaban J connectivity index is 2.83. The first kappa shape index (κ1) is 9.77. The van der Waals surface area contributed by atoms with Gasteiger partial charge in [-0.2, -0.15) is 0 Å². The molecule has 0 bridgehead atoms. The number of anilines is 1. The average molecular weight is 297 g/mol. The summed E-state index contributed by atoms with van der Waals surface area (Å²) in [6, 6.07) is 12.8. The van der Waals surface area contributed by atoms with Gasteiger partial charge in [-0.05, 0) is 34.0 Å². The highest BCUT2D eigenvalue weighted by atomic mass is 127. The van der Waals surface area contributed by atoms with Crippen molar-refractivity contribution in [3.8, 4) is 0 Å². The van der Waals surface area contributed by atoms with Crippen molar-refractivity contribution in [1.82, 2.24) is 0 Å². The summed E-state index contributed by atoms with van der Waals surface area (Å²) < 4.78 is 1.30. The van der Waals surface area contributed by atoms with Crippen molar-refractivity contribution in [3.63, 3.8) is 0 Å². The van der Waals surface area contributed by atoms with E-state index in [4.69, 9.17) is 0 Å². The molecule has 0 aliphatic rings. The maximum Gasteiger partial charge on any atom is 0.0576 e. The molecule has 0 saturated carbocycles. The molecular weight excluding hydrogens is 285 g/mol. The zero-order valence-electron chi connectivity index (χ0n) is 8.29. The lowest BCUT2D eigenvalue weighted by Gasteiger charge is -2.17. The van der Waals surface area contributed by atoms with E-state index in [1.807, 2.05) is 0 Å². The molecule has 0 amide bonds. The Morgan fingerprint density at radius 2 is 1.71 bits per heavy atom. The fourth-order valence-corrected chi connectivity index (χ4v) is 2.64. The van der Waals surface area contributed by atoms with Crippen molar-refractivity contribution in [2.24, 2.45) is 0 Å². The number of nitrogens with zero attached hydrogens (tertiary/aromatic N) is 1. The molecule has 0 saturated heterocycles. The highest BCUT2D eigenvalue weighted by Crippen LogP contribution is 2.30. The van der Waals surface area contributed by atoms with E-state index in [2.05, 4.69) is 78.0 Å². The molecule has 0 aliphatic carbocycles.